The second-order valence-corrected chi connectivity index (χ2v) is 7.09. The third kappa shape index (κ3) is 1.79. The van der Waals surface area contributed by atoms with E-state index in [9.17, 15) is 8.42 Å². The van der Waals surface area contributed by atoms with Crippen LogP contribution in [0.4, 0.5) is 0 Å². The van der Waals surface area contributed by atoms with Gasteiger partial charge in [-0.3, -0.25) is 0 Å². The van der Waals surface area contributed by atoms with E-state index in [1.54, 1.807) is 0 Å². The Morgan fingerprint density at radius 3 is 2.71 bits per heavy atom. The summed E-state index contributed by atoms with van der Waals surface area (Å²) in [5.41, 5.74) is 0.766. The monoisotopic (exact) mass is 272 g/mol. The second-order valence-electron chi connectivity index (χ2n) is 2.85. The Morgan fingerprint density at radius 1 is 1.43 bits per heavy atom. The molecule has 14 heavy (non-hydrogen) atoms. The van der Waals surface area contributed by atoms with E-state index >= 15 is 0 Å². The van der Waals surface area contributed by atoms with Gasteiger partial charge in [0.25, 0.3) is 9.05 Å². The number of fused-ring (bicyclic) bond motifs is 1. The van der Waals surface area contributed by atoms with Crippen molar-refractivity contribution >= 4 is 42.7 Å². The van der Waals surface area contributed by atoms with Crippen molar-refractivity contribution in [2.45, 2.75) is 17.2 Å². The molecule has 1 aromatic rings. The summed E-state index contributed by atoms with van der Waals surface area (Å²) in [5, 5.41) is 0.222. The Hall–Kier alpha value is 0.190. The molecule has 0 aromatic carbocycles. The normalized spacial score (nSPS) is 16.7. The highest BCUT2D eigenvalue weighted by molar-refractivity contribution is 8.15. The lowest BCUT2D eigenvalue weighted by Crippen LogP contribution is -2.06. The van der Waals surface area contributed by atoms with Gasteiger partial charge in [0.15, 0.2) is 4.21 Å². The summed E-state index contributed by atoms with van der Waals surface area (Å²) >= 11 is 7.03. The molecule has 7 heteroatoms. The lowest BCUT2D eigenvalue weighted by atomic mass is 10.2. The van der Waals surface area contributed by atoms with Gasteiger partial charge in [-0.25, -0.2) is 8.42 Å². The quantitative estimate of drug-likeness (QED) is 0.738. The van der Waals surface area contributed by atoms with Gasteiger partial charge in [-0.2, -0.15) is 0 Å². The Balaban J connectivity index is 2.60. The van der Waals surface area contributed by atoms with Crippen LogP contribution in [-0.2, 0) is 26.8 Å². The molecule has 78 valence electrons. The van der Waals surface area contributed by atoms with E-state index in [4.69, 9.17) is 27.0 Å². The van der Waals surface area contributed by atoms with Crippen LogP contribution in [0.5, 0.6) is 0 Å². The van der Waals surface area contributed by atoms with Crippen molar-refractivity contribution < 1.29 is 13.2 Å². The zero-order valence-electron chi connectivity index (χ0n) is 6.92. The van der Waals surface area contributed by atoms with Gasteiger partial charge in [-0.1, -0.05) is 11.6 Å². The van der Waals surface area contributed by atoms with Crippen molar-refractivity contribution in [2.24, 2.45) is 0 Å². The molecule has 0 saturated carbocycles. The van der Waals surface area contributed by atoms with Crippen LogP contribution < -0.4 is 0 Å². The summed E-state index contributed by atoms with van der Waals surface area (Å²) in [6, 6.07) is 0. The van der Waals surface area contributed by atoms with Crippen LogP contribution in [0.1, 0.15) is 10.4 Å². The predicted octanol–water partition coefficient (Wildman–Crippen LogP) is 2.40. The number of rotatable bonds is 1. The fraction of sp³-hybridized carbons (Fsp3) is 0.429. The summed E-state index contributed by atoms with van der Waals surface area (Å²) in [6.07, 6.45) is 0.701. The maximum Gasteiger partial charge on any atom is 0.272 e. The summed E-state index contributed by atoms with van der Waals surface area (Å²) < 4.78 is 27.5. The SMILES string of the molecule is O=S(=O)(Cl)c1sc2c(c1Cl)COCC2. The Morgan fingerprint density at radius 2 is 2.14 bits per heavy atom. The van der Waals surface area contributed by atoms with Crippen molar-refractivity contribution in [1.82, 2.24) is 0 Å². The maximum atomic E-state index is 11.1. The van der Waals surface area contributed by atoms with Gasteiger partial charge in [-0.05, 0) is 0 Å². The van der Waals surface area contributed by atoms with Crippen LogP contribution in [0.25, 0.3) is 0 Å². The average molecular weight is 273 g/mol. The van der Waals surface area contributed by atoms with E-state index in [1.165, 1.54) is 0 Å². The molecule has 1 aliphatic heterocycles. The second kappa shape index (κ2) is 3.64. The zero-order chi connectivity index (χ0) is 10.3. The summed E-state index contributed by atoms with van der Waals surface area (Å²) in [5.74, 6) is 0. The highest BCUT2D eigenvalue weighted by atomic mass is 35.7. The van der Waals surface area contributed by atoms with E-state index in [0.717, 1.165) is 21.8 Å². The highest BCUT2D eigenvalue weighted by Crippen LogP contribution is 2.40. The number of thiophene rings is 1. The van der Waals surface area contributed by atoms with Gasteiger partial charge < -0.3 is 4.74 Å². The topological polar surface area (TPSA) is 43.4 Å². The average Bonchev–Trinajstić information content (AvgIpc) is 2.44. The first-order chi connectivity index (χ1) is 6.50. The standard InChI is InChI=1S/C7H6Cl2O3S2/c8-6-4-3-12-2-1-5(4)13-7(6)14(9,10)11/h1-3H2. The first-order valence-corrected chi connectivity index (χ1v) is 7.33. The molecule has 0 unspecified atom stereocenters. The third-order valence-corrected chi connectivity index (χ3v) is 5.96. The van der Waals surface area contributed by atoms with Gasteiger partial charge >= 0.3 is 0 Å². The van der Waals surface area contributed by atoms with Gasteiger partial charge in [0.1, 0.15) is 0 Å². The molecule has 0 amide bonds. The molecule has 0 aliphatic carbocycles. The molecular weight excluding hydrogens is 267 g/mol. The van der Waals surface area contributed by atoms with E-state index in [2.05, 4.69) is 0 Å². The molecule has 0 atom stereocenters. The van der Waals surface area contributed by atoms with E-state index in [1.807, 2.05) is 0 Å². The molecule has 0 radical (unpaired) electrons. The highest BCUT2D eigenvalue weighted by Gasteiger charge is 2.26. The summed E-state index contributed by atoms with van der Waals surface area (Å²) in [7, 11) is 1.52. The number of hydrogen-bond donors (Lipinski definition) is 0. The largest absolute Gasteiger partial charge is 0.376 e. The first kappa shape index (κ1) is 10.7. The van der Waals surface area contributed by atoms with Crippen LogP contribution in [0.15, 0.2) is 4.21 Å². The molecule has 2 rings (SSSR count). The molecule has 0 bridgehead atoms. The van der Waals surface area contributed by atoms with Crippen LogP contribution in [-0.4, -0.2) is 15.0 Å². The van der Waals surface area contributed by atoms with E-state index in [-0.39, 0.29) is 9.23 Å². The molecule has 0 spiro atoms. The number of hydrogen-bond acceptors (Lipinski definition) is 4. The number of halogens is 2. The third-order valence-electron chi connectivity index (χ3n) is 1.94. The van der Waals surface area contributed by atoms with Crippen molar-refractivity contribution in [3.05, 3.63) is 15.5 Å². The molecule has 0 saturated heterocycles. The molecule has 0 N–H and O–H groups in total. The fourth-order valence-corrected chi connectivity index (χ4v) is 4.53. The smallest absolute Gasteiger partial charge is 0.272 e. The van der Waals surface area contributed by atoms with Crippen molar-refractivity contribution in [1.29, 1.82) is 0 Å². The van der Waals surface area contributed by atoms with Gasteiger partial charge in [0.2, 0.25) is 0 Å². The van der Waals surface area contributed by atoms with Crippen LogP contribution >= 0.6 is 33.6 Å². The molecule has 3 nitrogen and oxygen atoms in total. The first-order valence-electron chi connectivity index (χ1n) is 3.82. The minimum Gasteiger partial charge on any atom is -0.376 e. The van der Waals surface area contributed by atoms with Crippen molar-refractivity contribution in [3.63, 3.8) is 0 Å². The van der Waals surface area contributed by atoms with Crippen molar-refractivity contribution in [3.8, 4) is 0 Å². The molecule has 1 aliphatic rings. The van der Waals surface area contributed by atoms with Crippen molar-refractivity contribution in [2.75, 3.05) is 6.61 Å². The number of ether oxygens (including phenoxy) is 1. The lowest BCUT2D eigenvalue weighted by molar-refractivity contribution is 0.112. The minimum absolute atomic E-state index is 0.0383. The fourth-order valence-electron chi connectivity index (χ4n) is 1.31. The summed E-state index contributed by atoms with van der Waals surface area (Å²) in [4.78, 5) is 0.959. The van der Waals surface area contributed by atoms with Crippen LogP contribution in [0.2, 0.25) is 5.02 Å². The molecule has 0 fully saturated rings. The van der Waals surface area contributed by atoms with Gasteiger partial charge in [0.05, 0.1) is 18.2 Å². The molecule has 2 heterocycles. The van der Waals surface area contributed by atoms with Crippen LogP contribution in [0, 0.1) is 0 Å². The Bertz CT molecular complexity index is 464. The minimum atomic E-state index is -3.72. The lowest BCUT2D eigenvalue weighted by Gasteiger charge is -2.11. The predicted molar refractivity (Wildman–Crippen MR) is 55.7 cm³/mol. The van der Waals surface area contributed by atoms with Gasteiger partial charge in [0, 0.05) is 27.5 Å². The Labute approximate surface area is 95.0 Å². The van der Waals surface area contributed by atoms with Crippen LogP contribution in [0.3, 0.4) is 0 Å². The van der Waals surface area contributed by atoms with Gasteiger partial charge in [-0.15, -0.1) is 11.3 Å². The molecule has 1 aromatic heterocycles. The van der Waals surface area contributed by atoms with E-state index in [0.29, 0.717) is 19.6 Å². The van der Waals surface area contributed by atoms with E-state index < -0.39 is 9.05 Å². The zero-order valence-corrected chi connectivity index (χ0v) is 10.1. The Kier molecular flexibility index (Phi) is 2.79. The molecular formula is C7H6Cl2O3S2. The summed E-state index contributed by atoms with van der Waals surface area (Å²) in [6.45, 7) is 0.975. The maximum absolute atomic E-state index is 11.1.